The minimum Gasteiger partial charge on any atom is -0.341 e. The third kappa shape index (κ3) is 1.80. The summed E-state index contributed by atoms with van der Waals surface area (Å²) in [5.74, 6) is -0.225. The van der Waals surface area contributed by atoms with Gasteiger partial charge in [-0.3, -0.25) is 10.1 Å². The van der Waals surface area contributed by atoms with Crippen LogP contribution in [-0.2, 0) is 0 Å². The molecule has 5 nitrogen and oxygen atoms in total. The van der Waals surface area contributed by atoms with Crippen molar-refractivity contribution >= 4 is 22.4 Å². The quantitative estimate of drug-likeness (QED) is 0.784. The molecule has 0 unspecified atom stereocenters. The first-order chi connectivity index (χ1) is 6.75. The molecule has 0 radical (unpaired) electrons. The molecule has 1 amide bonds. The van der Waals surface area contributed by atoms with Gasteiger partial charge in [-0.25, -0.2) is 9.97 Å². The van der Waals surface area contributed by atoms with Crippen LogP contribution in [0.4, 0.5) is 5.13 Å². The number of amides is 1. The molecule has 72 valence electrons. The van der Waals surface area contributed by atoms with Crippen molar-refractivity contribution in [1.29, 1.82) is 0 Å². The average Bonchev–Trinajstić information content (AvgIpc) is 2.75. The molecule has 0 aliphatic rings. The number of hydrogen-bond acceptors (Lipinski definition) is 4. The van der Waals surface area contributed by atoms with Crippen LogP contribution in [0.2, 0.25) is 0 Å². The lowest BCUT2D eigenvalue weighted by atomic mass is 10.4. The summed E-state index contributed by atoms with van der Waals surface area (Å²) in [4.78, 5) is 22.1. The van der Waals surface area contributed by atoms with Crippen LogP contribution in [0.5, 0.6) is 0 Å². The van der Waals surface area contributed by atoms with Gasteiger partial charge in [0.1, 0.15) is 5.69 Å². The summed E-state index contributed by atoms with van der Waals surface area (Å²) in [5.41, 5.74) is 1.33. The first-order valence-electron chi connectivity index (χ1n) is 3.97. The maximum Gasteiger partial charge on any atom is 0.275 e. The van der Waals surface area contributed by atoms with Crippen molar-refractivity contribution in [2.45, 2.75) is 6.92 Å². The Morgan fingerprint density at radius 2 is 2.50 bits per heavy atom. The van der Waals surface area contributed by atoms with Crippen molar-refractivity contribution < 1.29 is 4.79 Å². The molecule has 0 aromatic carbocycles. The highest BCUT2D eigenvalue weighted by Crippen LogP contribution is 2.14. The van der Waals surface area contributed by atoms with Crippen molar-refractivity contribution in [1.82, 2.24) is 15.0 Å². The summed E-state index contributed by atoms with van der Waals surface area (Å²) in [6.07, 6.45) is 2.93. The Morgan fingerprint density at radius 1 is 1.64 bits per heavy atom. The molecular formula is C8H8N4OS. The van der Waals surface area contributed by atoms with Crippen LogP contribution in [0.25, 0.3) is 0 Å². The van der Waals surface area contributed by atoms with E-state index in [1.54, 1.807) is 0 Å². The van der Waals surface area contributed by atoms with E-state index in [9.17, 15) is 4.79 Å². The molecule has 14 heavy (non-hydrogen) atoms. The van der Waals surface area contributed by atoms with Gasteiger partial charge in [-0.2, -0.15) is 0 Å². The second-order valence-corrected chi connectivity index (χ2v) is 3.57. The molecule has 0 saturated carbocycles. The zero-order valence-electron chi connectivity index (χ0n) is 7.44. The fraction of sp³-hybridized carbons (Fsp3) is 0.125. The molecule has 2 aromatic heterocycles. The second kappa shape index (κ2) is 3.59. The van der Waals surface area contributed by atoms with Crippen molar-refractivity contribution in [3.63, 3.8) is 0 Å². The number of H-pyrrole nitrogens is 1. The largest absolute Gasteiger partial charge is 0.341 e. The number of carbonyl (C=O) groups is 1. The Morgan fingerprint density at radius 3 is 3.07 bits per heavy atom. The summed E-state index contributed by atoms with van der Waals surface area (Å²) < 4.78 is 0. The van der Waals surface area contributed by atoms with Gasteiger partial charge in [0.2, 0.25) is 0 Å². The van der Waals surface area contributed by atoms with Crippen LogP contribution in [0.3, 0.4) is 0 Å². The Bertz CT molecular complexity index is 434. The third-order valence-electron chi connectivity index (χ3n) is 1.58. The maximum atomic E-state index is 11.5. The second-order valence-electron chi connectivity index (χ2n) is 2.71. The van der Waals surface area contributed by atoms with E-state index < -0.39 is 0 Å². The molecule has 6 heteroatoms. The minimum atomic E-state index is -0.225. The molecule has 2 aromatic rings. The summed E-state index contributed by atoms with van der Waals surface area (Å²) >= 11 is 1.40. The first kappa shape index (κ1) is 8.89. The first-order valence-corrected chi connectivity index (χ1v) is 4.85. The Balaban J connectivity index is 2.09. The van der Waals surface area contributed by atoms with Crippen LogP contribution in [0.1, 0.15) is 16.2 Å². The topological polar surface area (TPSA) is 70.7 Å². The number of anilines is 1. The number of imidazole rings is 1. The lowest BCUT2D eigenvalue weighted by Gasteiger charge is -1.96. The number of thiazole rings is 1. The van der Waals surface area contributed by atoms with E-state index in [1.807, 2.05) is 12.3 Å². The fourth-order valence-corrected chi connectivity index (χ4v) is 1.64. The predicted molar refractivity (Wildman–Crippen MR) is 53.4 cm³/mol. The molecule has 2 rings (SSSR count). The number of rotatable bonds is 2. The van der Waals surface area contributed by atoms with Crippen molar-refractivity contribution in [2.24, 2.45) is 0 Å². The zero-order valence-corrected chi connectivity index (χ0v) is 8.26. The maximum absolute atomic E-state index is 11.5. The highest BCUT2D eigenvalue weighted by atomic mass is 32.1. The fourth-order valence-electron chi connectivity index (χ4n) is 0.956. The van der Waals surface area contributed by atoms with Gasteiger partial charge < -0.3 is 4.98 Å². The molecular weight excluding hydrogens is 200 g/mol. The van der Waals surface area contributed by atoms with Crippen molar-refractivity contribution in [2.75, 3.05) is 5.32 Å². The van der Waals surface area contributed by atoms with E-state index in [2.05, 4.69) is 20.3 Å². The number of aromatic amines is 1. The Hall–Kier alpha value is -1.69. The monoisotopic (exact) mass is 208 g/mol. The number of nitrogens with zero attached hydrogens (tertiary/aromatic N) is 2. The summed E-state index contributed by atoms with van der Waals surface area (Å²) in [6.45, 7) is 1.88. The van der Waals surface area contributed by atoms with Crippen LogP contribution >= 0.6 is 11.3 Å². The van der Waals surface area contributed by atoms with Crippen LogP contribution < -0.4 is 5.32 Å². The number of nitrogens with one attached hydrogen (secondary N) is 2. The summed E-state index contributed by atoms with van der Waals surface area (Å²) in [5, 5.41) is 5.14. The van der Waals surface area contributed by atoms with E-state index in [0.29, 0.717) is 10.8 Å². The van der Waals surface area contributed by atoms with Crippen molar-refractivity contribution in [3.8, 4) is 0 Å². The molecule has 0 aliphatic heterocycles. The average molecular weight is 208 g/mol. The number of aryl methyl sites for hydroxylation is 1. The standard InChI is InChI=1S/C8H8N4OS/c1-5-3-14-8(11-5)12-7(13)6-2-9-4-10-6/h2-4H,1H3,(H,9,10)(H,11,12,13). The van der Waals surface area contributed by atoms with Crippen molar-refractivity contribution in [3.05, 3.63) is 29.3 Å². The van der Waals surface area contributed by atoms with Gasteiger partial charge in [0, 0.05) is 5.38 Å². The van der Waals surface area contributed by atoms with Crippen LogP contribution in [0, 0.1) is 6.92 Å². The SMILES string of the molecule is Cc1csc(NC(=O)c2cnc[nH]2)n1. The third-order valence-corrected chi connectivity index (χ3v) is 2.46. The molecule has 0 bridgehead atoms. The van der Waals surface area contributed by atoms with E-state index in [-0.39, 0.29) is 5.91 Å². The minimum absolute atomic E-state index is 0.225. The zero-order chi connectivity index (χ0) is 9.97. The van der Waals surface area contributed by atoms with Gasteiger partial charge in [-0.15, -0.1) is 11.3 Å². The number of hydrogen-bond donors (Lipinski definition) is 2. The highest BCUT2D eigenvalue weighted by Gasteiger charge is 2.08. The number of carbonyl (C=O) groups excluding carboxylic acids is 1. The highest BCUT2D eigenvalue weighted by molar-refractivity contribution is 7.13. The van der Waals surface area contributed by atoms with Gasteiger partial charge >= 0.3 is 0 Å². The molecule has 0 aliphatic carbocycles. The van der Waals surface area contributed by atoms with Gasteiger partial charge in [0.25, 0.3) is 5.91 Å². The lowest BCUT2D eigenvalue weighted by molar-refractivity contribution is 0.102. The molecule has 2 N–H and O–H groups in total. The normalized spacial score (nSPS) is 10.1. The van der Waals surface area contributed by atoms with Crippen LogP contribution in [0.15, 0.2) is 17.9 Å². The van der Waals surface area contributed by atoms with Gasteiger partial charge in [-0.1, -0.05) is 0 Å². The van der Waals surface area contributed by atoms with E-state index >= 15 is 0 Å². The smallest absolute Gasteiger partial charge is 0.275 e. The van der Waals surface area contributed by atoms with Gasteiger partial charge in [0.05, 0.1) is 18.2 Å². The number of aromatic nitrogens is 3. The molecule has 2 heterocycles. The van der Waals surface area contributed by atoms with E-state index in [0.717, 1.165) is 5.69 Å². The molecule has 0 fully saturated rings. The molecule has 0 atom stereocenters. The Labute approximate surface area is 84.2 Å². The molecule has 0 spiro atoms. The summed E-state index contributed by atoms with van der Waals surface area (Å²) in [7, 11) is 0. The van der Waals surface area contributed by atoms with E-state index in [1.165, 1.54) is 23.9 Å². The predicted octanol–water partition coefficient (Wildman–Crippen LogP) is 1.43. The van der Waals surface area contributed by atoms with Crippen LogP contribution in [-0.4, -0.2) is 20.9 Å². The Kier molecular flexibility index (Phi) is 2.28. The van der Waals surface area contributed by atoms with E-state index in [4.69, 9.17) is 0 Å². The lowest BCUT2D eigenvalue weighted by Crippen LogP contribution is -2.11. The van der Waals surface area contributed by atoms with Gasteiger partial charge in [-0.05, 0) is 6.92 Å². The molecule has 0 saturated heterocycles. The van der Waals surface area contributed by atoms with Gasteiger partial charge in [0.15, 0.2) is 5.13 Å². The summed E-state index contributed by atoms with van der Waals surface area (Å²) in [6, 6.07) is 0.